The van der Waals surface area contributed by atoms with Gasteiger partial charge in [-0.05, 0) is 43.5 Å². The maximum atomic E-state index is 12.0. The first-order chi connectivity index (χ1) is 12.5. The molecule has 0 atom stereocenters. The van der Waals surface area contributed by atoms with Gasteiger partial charge in [-0.3, -0.25) is 4.79 Å². The van der Waals surface area contributed by atoms with E-state index in [2.05, 4.69) is 15.5 Å². The van der Waals surface area contributed by atoms with Gasteiger partial charge in [-0.15, -0.1) is 0 Å². The summed E-state index contributed by atoms with van der Waals surface area (Å²) in [4.78, 5) is 16.3. The van der Waals surface area contributed by atoms with Crippen molar-refractivity contribution in [3.8, 4) is 17.1 Å². The Morgan fingerprint density at radius 2 is 1.96 bits per heavy atom. The van der Waals surface area contributed by atoms with Crippen molar-refractivity contribution < 1.29 is 14.1 Å². The summed E-state index contributed by atoms with van der Waals surface area (Å²) in [6, 6.07) is 7.45. The van der Waals surface area contributed by atoms with Crippen LogP contribution in [-0.2, 0) is 11.2 Å². The SMILES string of the molecule is CCC(N)(CC)CNC(=O)CCCc1nc(-c2ccc(OC)cc2)no1. The first-order valence-corrected chi connectivity index (χ1v) is 9.02. The van der Waals surface area contributed by atoms with E-state index in [1.165, 1.54) is 0 Å². The Bertz CT molecular complexity index is 693. The highest BCUT2D eigenvalue weighted by Crippen LogP contribution is 2.20. The number of nitrogens with two attached hydrogens (primary N) is 1. The summed E-state index contributed by atoms with van der Waals surface area (Å²) in [5, 5.41) is 6.90. The molecule has 26 heavy (non-hydrogen) atoms. The fourth-order valence-corrected chi connectivity index (χ4v) is 2.48. The molecule has 2 aromatic rings. The number of aryl methyl sites for hydroxylation is 1. The molecular formula is C19H28N4O3. The highest BCUT2D eigenvalue weighted by molar-refractivity contribution is 5.75. The summed E-state index contributed by atoms with van der Waals surface area (Å²) in [6.07, 6.45) is 3.28. The Hall–Kier alpha value is -2.41. The Morgan fingerprint density at radius 3 is 2.58 bits per heavy atom. The lowest BCUT2D eigenvalue weighted by atomic mass is 9.94. The van der Waals surface area contributed by atoms with Gasteiger partial charge in [0, 0.05) is 30.5 Å². The number of aromatic nitrogens is 2. The van der Waals surface area contributed by atoms with Gasteiger partial charge in [-0.25, -0.2) is 0 Å². The zero-order valence-electron chi connectivity index (χ0n) is 15.7. The van der Waals surface area contributed by atoms with Gasteiger partial charge in [0.05, 0.1) is 7.11 Å². The number of methoxy groups -OCH3 is 1. The third-order valence-electron chi connectivity index (χ3n) is 4.66. The van der Waals surface area contributed by atoms with Crippen LogP contribution in [0, 0.1) is 0 Å². The summed E-state index contributed by atoms with van der Waals surface area (Å²) < 4.78 is 10.4. The monoisotopic (exact) mass is 360 g/mol. The number of hydrogen-bond acceptors (Lipinski definition) is 6. The smallest absolute Gasteiger partial charge is 0.226 e. The summed E-state index contributed by atoms with van der Waals surface area (Å²) in [5.74, 6) is 1.83. The van der Waals surface area contributed by atoms with Crippen LogP contribution in [0.25, 0.3) is 11.4 Å². The minimum absolute atomic E-state index is 0.00313. The number of carbonyl (C=O) groups excluding carboxylic acids is 1. The minimum Gasteiger partial charge on any atom is -0.497 e. The van der Waals surface area contributed by atoms with Crippen molar-refractivity contribution in [2.24, 2.45) is 5.73 Å². The number of ether oxygens (including phenoxy) is 1. The van der Waals surface area contributed by atoms with Gasteiger partial charge < -0.3 is 20.3 Å². The third-order valence-corrected chi connectivity index (χ3v) is 4.66. The van der Waals surface area contributed by atoms with Crippen molar-refractivity contribution in [2.75, 3.05) is 13.7 Å². The predicted molar refractivity (Wildman–Crippen MR) is 99.7 cm³/mol. The molecular weight excluding hydrogens is 332 g/mol. The van der Waals surface area contributed by atoms with Gasteiger partial charge in [-0.2, -0.15) is 4.98 Å². The average molecular weight is 360 g/mol. The first kappa shape index (κ1) is 19.9. The Balaban J connectivity index is 1.78. The molecule has 1 amide bonds. The lowest BCUT2D eigenvalue weighted by molar-refractivity contribution is -0.121. The molecule has 0 aliphatic rings. The molecule has 1 aromatic carbocycles. The standard InChI is InChI=1S/C19H28N4O3/c1-4-19(20,5-2)13-21-16(24)7-6-8-17-22-18(23-26-17)14-9-11-15(25-3)12-10-14/h9-12H,4-8,13,20H2,1-3H3,(H,21,24). The topological polar surface area (TPSA) is 103 Å². The molecule has 0 unspecified atom stereocenters. The highest BCUT2D eigenvalue weighted by atomic mass is 16.5. The number of amides is 1. The molecule has 0 spiro atoms. The van der Waals surface area contributed by atoms with Crippen LogP contribution in [0.5, 0.6) is 5.75 Å². The molecule has 2 rings (SSSR count). The molecule has 7 heteroatoms. The molecule has 0 aliphatic carbocycles. The van der Waals surface area contributed by atoms with Crippen molar-refractivity contribution in [1.29, 1.82) is 0 Å². The molecule has 142 valence electrons. The van der Waals surface area contributed by atoms with Crippen LogP contribution in [0.3, 0.4) is 0 Å². The Labute approximate surface area is 154 Å². The van der Waals surface area contributed by atoms with E-state index in [9.17, 15) is 4.79 Å². The van der Waals surface area contributed by atoms with Gasteiger partial charge in [0.15, 0.2) is 0 Å². The summed E-state index contributed by atoms with van der Waals surface area (Å²) in [7, 11) is 1.62. The minimum atomic E-state index is -0.324. The van der Waals surface area contributed by atoms with E-state index in [-0.39, 0.29) is 11.4 Å². The average Bonchev–Trinajstić information content (AvgIpc) is 3.15. The van der Waals surface area contributed by atoms with Crippen molar-refractivity contribution >= 4 is 5.91 Å². The quantitative estimate of drug-likeness (QED) is 0.675. The maximum Gasteiger partial charge on any atom is 0.226 e. The van der Waals surface area contributed by atoms with Gasteiger partial charge in [-0.1, -0.05) is 19.0 Å². The molecule has 0 saturated heterocycles. The van der Waals surface area contributed by atoms with Crippen molar-refractivity contribution in [3.05, 3.63) is 30.2 Å². The van der Waals surface area contributed by atoms with Gasteiger partial charge in [0.2, 0.25) is 17.6 Å². The molecule has 1 heterocycles. The lowest BCUT2D eigenvalue weighted by Gasteiger charge is -2.26. The van der Waals surface area contributed by atoms with Gasteiger partial charge >= 0.3 is 0 Å². The number of nitrogens with zero attached hydrogens (tertiary/aromatic N) is 2. The van der Waals surface area contributed by atoms with E-state index in [0.717, 1.165) is 24.2 Å². The molecule has 0 aliphatic heterocycles. The molecule has 0 radical (unpaired) electrons. The maximum absolute atomic E-state index is 12.0. The van der Waals surface area contributed by atoms with Crippen molar-refractivity contribution in [2.45, 2.75) is 51.5 Å². The predicted octanol–water partition coefficient (Wildman–Crippen LogP) is 2.70. The van der Waals surface area contributed by atoms with Crippen LogP contribution < -0.4 is 15.8 Å². The number of hydrogen-bond donors (Lipinski definition) is 2. The fraction of sp³-hybridized carbons (Fsp3) is 0.526. The number of carbonyl (C=O) groups is 1. The Morgan fingerprint density at radius 1 is 1.27 bits per heavy atom. The lowest BCUT2D eigenvalue weighted by Crippen LogP contribution is -2.49. The van der Waals surface area contributed by atoms with Crippen LogP contribution in [0.2, 0.25) is 0 Å². The van der Waals surface area contributed by atoms with Gasteiger partial charge in [0.25, 0.3) is 0 Å². The number of rotatable bonds is 10. The zero-order valence-corrected chi connectivity index (χ0v) is 15.7. The summed E-state index contributed by atoms with van der Waals surface area (Å²) in [5.41, 5.74) is 6.72. The highest BCUT2D eigenvalue weighted by Gasteiger charge is 2.20. The van der Waals surface area contributed by atoms with Gasteiger partial charge in [0.1, 0.15) is 5.75 Å². The second kappa shape index (κ2) is 9.33. The largest absolute Gasteiger partial charge is 0.497 e. The molecule has 0 saturated carbocycles. The van der Waals surface area contributed by atoms with Crippen LogP contribution in [-0.4, -0.2) is 35.2 Å². The van der Waals surface area contributed by atoms with E-state index >= 15 is 0 Å². The Kier molecular flexibility index (Phi) is 7.15. The van der Waals surface area contributed by atoms with Crippen LogP contribution in [0.15, 0.2) is 28.8 Å². The number of nitrogens with one attached hydrogen (secondary N) is 1. The molecule has 3 N–H and O–H groups in total. The van der Waals surface area contributed by atoms with E-state index in [0.29, 0.717) is 37.5 Å². The summed E-state index contributed by atoms with van der Waals surface area (Å²) >= 11 is 0. The third kappa shape index (κ3) is 5.56. The van der Waals surface area contributed by atoms with E-state index in [4.69, 9.17) is 15.0 Å². The van der Waals surface area contributed by atoms with E-state index in [1.807, 2.05) is 38.1 Å². The van der Waals surface area contributed by atoms with Crippen LogP contribution in [0.1, 0.15) is 45.4 Å². The second-order valence-electron chi connectivity index (χ2n) is 6.44. The summed E-state index contributed by atoms with van der Waals surface area (Å²) in [6.45, 7) is 4.57. The van der Waals surface area contributed by atoms with E-state index in [1.54, 1.807) is 7.11 Å². The van der Waals surface area contributed by atoms with Crippen LogP contribution >= 0.6 is 0 Å². The molecule has 0 bridgehead atoms. The molecule has 0 fully saturated rings. The van der Waals surface area contributed by atoms with E-state index < -0.39 is 0 Å². The normalized spacial score (nSPS) is 11.4. The first-order valence-electron chi connectivity index (χ1n) is 9.02. The van der Waals surface area contributed by atoms with Crippen LogP contribution in [0.4, 0.5) is 0 Å². The molecule has 7 nitrogen and oxygen atoms in total. The zero-order chi connectivity index (χ0) is 19.0. The second-order valence-corrected chi connectivity index (χ2v) is 6.44. The molecule has 1 aromatic heterocycles. The number of benzene rings is 1. The fourth-order valence-electron chi connectivity index (χ4n) is 2.48. The van der Waals surface area contributed by atoms with Crippen molar-refractivity contribution in [3.63, 3.8) is 0 Å². The van der Waals surface area contributed by atoms with Crippen molar-refractivity contribution in [1.82, 2.24) is 15.5 Å².